The van der Waals surface area contributed by atoms with Gasteiger partial charge in [0, 0.05) is 31.8 Å². The summed E-state index contributed by atoms with van der Waals surface area (Å²) >= 11 is 0. The van der Waals surface area contributed by atoms with E-state index in [0.29, 0.717) is 0 Å². The van der Waals surface area contributed by atoms with Crippen molar-refractivity contribution in [3.63, 3.8) is 0 Å². The number of hydrogen-bond donors (Lipinski definition) is 0. The van der Waals surface area contributed by atoms with E-state index in [4.69, 9.17) is 9.15 Å². The van der Waals surface area contributed by atoms with Gasteiger partial charge in [-0.3, -0.25) is 19.5 Å². The molecule has 1 heterocycles. The van der Waals surface area contributed by atoms with Crippen molar-refractivity contribution in [3.8, 4) is 5.75 Å². The molecule has 0 aliphatic rings. The first-order valence-electron chi connectivity index (χ1n) is 8.48. The molecule has 1 aromatic heterocycles. The Labute approximate surface area is 170 Å². The number of ketones is 1. The zero-order valence-corrected chi connectivity index (χ0v) is 17.0. The van der Waals surface area contributed by atoms with Gasteiger partial charge in [-0.2, -0.15) is 0 Å². The van der Waals surface area contributed by atoms with Crippen LogP contribution in [0.4, 0.5) is 5.69 Å². The number of sulfonamides is 1. The van der Waals surface area contributed by atoms with E-state index in [9.17, 15) is 28.1 Å². The summed E-state index contributed by atoms with van der Waals surface area (Å²) in [4.78, 5) is 35.3. The number of nitro groups is 1. The van der Waals surface area contributed by atoms with Gasteiger partial charge in [0.15, 0.2) is 17.1 Å². The van der Waals surface area contributed by atoms with Gasteiger partial charge in [0.2, 0.25) is 10.0 Å². The lowest BCUT2D eigenvalue weighted by Gasteiger charge is -2.10. The topological polar surface area (TPSA) is 142 Å². The number of nitro benzene ring substituents is 1. The van der Waals surface area contributed by atoms with Crippen LogP contribution < -0.4 is 10.5 Å². The Morgan fingerprint density at radius 1 is 1.23 bits per heavy atom. The second kappa shape index (κ2) is 7.72. The normalized spacial score (nSPS) is 11.7. The molecule has 0 fully saturated rings. The van der Waals surface area contributed by atoms with Gasteiger partial charge in [-0.05, 0) is 24.3 Å². The van der Waals surface area contributed by atoms with Crippen molar-refractivity contribution in [1.82, 2.24) is 8.87 Å². The molecule has 0 spiro atoms. The monoisotopic (exact) mass is 435 g/mol. The fourth-order valence-electron chi connectivity index (χ4n) is 2.81. The van der Waals surface area contributed by atoms with Gasteiger partial charge in [-0.1, -0.05) is 0 Å². The first-order chi connectivity index (χ1) is 14.1. The van der Waals surface area contributed by atoms with Crippen molar-refractivity contribution in [2.45, 2.75) is 11.4 Å². The van der Waals surface area contributed by atoms with E-state index in [1.54, 1.807) is 0 Å². The average molecular weight is 435 g/mol. The maximum atomic E-state index is 12.6. The number of nitrogens with zero attached hydrogens (tertiary/aromatic N) is 3. The Hall–Kier alpha value is -3.51. The predicted molar refractivity (Wildman–Crippen MR) is 105 cm³/mol. The van der Waals surface area contributed by atoms with E-state index in [2.05, 4.69) is 0 Å². The van der Waals surface area contributed by atoms with E-state index in [1.165, 1.54) is 51.5 Å². The summed E-state index contributed by atoms with van der Waals surface area (Å²) in [7, 11) is 0.269. The molecule has 11 nitrogen and oxygen atoms in total. The molecule has 0 saturated carbocycles. The lowest BCUT2D eigenvalue weighted by atomic mass is 10.1. The van der Waals surface area contributed by atoms with Crippen molar-refractivity contribution in [1.29, 1.82) is 0 Å². The third kappa shape index (κ3) is 3.69. The number of aromatic nitrogens is 1. The van der Waals surface area contributed by atoms with Crippen molar-refractivity contribution in [3.05, 3.63) is 62.6 Å². The largest absolute Gasteiger partial charge is 0.490 e. The summed E-state index contributed by atoms with van der Waals surface area (Å²) in [6.07, 6.45) is 0. The molecular weight excluding hydrogens is 418 g/mol. The zero-order chi connectivity index (χ0) is 22.2. The van der Waals surface area contributed by atoms with Gasteiger partial charge >= 0.3 is 11.4 Å². The number of benzene rings is 2. The number of Topliss-reactive ketones (excluding diaryl/α,β-unsaturated/α-hetero) is 1. The van der Waals surface area contributed by atoms with Crippen LogP contribution in [-0.4, -0.2) is 49.2 Å². The molecular formula is C18H17N3O8S. The number of carbonyl (C=O) groups excluding carboxylic acids is 1. The lowest BCUT2D eigenvalue weighted by molar-refractivity contribution is -0.385. The summed E-state index contributed by atoms with van der Waals surface area (Å²) in [6.45, 7) is -0.449. The number of ether oxygens (including phenoxy) is 1. The molecule has 0 atom stereocenters. The van der Waals surface area contributed by atoms with Crippen molar-refractivity contribution < 1.29 is 27.3 Å². The number of hydrogen-bond acceptors (Lipinski definition) is 8. The molecule has 158 valence electrons. The maximum Gasteiger partial charge on any atom is 0.420 e. The molecule has 0 aliphatic carbocycles. The summed E-state index contributed by atoms with van der Waals surface area (Å²) in [5.74, 6) is -1.44. The molecule has 30 heavy (non-hydrogen) atoms. The van der Waals surface area contributed by atoms with Crippen LogP contribution in [-0.2, 0) is 16.6 Å². The summed E-state index contributed by atoms with van der Waals surface area (Å²) in [5, 5.41) is 11.2. The SMILES string of the molecule is COc1ccc(C(=O)Cn2c(=O)oc3cc(S(=O)(=O)N(C)C)ccc32)cc1[N+](=O)[O-]. The molecule has 0 bridgehead atoms. The van der Waals surface area contributed by atoms with Gasteiger partial charge in [0.1, 0.15) is 0 Å². The van der Waals surface area contributed by atoms with E-state index < -0.39 is 33.0 Å². The molecule has 0 amide bonds. The minimum Gasteiger partial charge on any atom is -0.490 e. The molecule has 3 rings (SSSR count). The van der Waals surface area contributed by atoms with Gasteiger partial charge in [-0.25, -0.2) is 17.5 Å². The molecule has 2 aromatic carbocycles. The van der Waals surface area contributed by atoms with Crippen LogP contribution in [0, 0.1) is 10.1 Å². The minimum atomic E-state index is -3.74. The number of methoxy groups -OCH3 is 1. The van der Waals surface area contributed by atoms with E-state index in [-0.39, 0.29) is 33.0 Å². The zero-order valence-electron chi connectivity index (χ0n) is 16.2. The highest BCUT2D eigenvalue weighted by molar-refractivity contribution is 7.89. The maximum absolute atomic E-state index is 12.6. The van der Waals surface area contributed by atoms with Crippen LogP contribution >= 0.6 is 0 Å². The molecule has 3 aromatic rings. The van der Waals surface area contributed by atoms with Crippen LogP contribution in [0.1, 0.15) is 10.4 Å². The third-order valence-electron chi connectivity index (χ3n) is 4.42. The second-order valence-electron chi connectivity index (χ2n) is 6.44. The van der Waals surface area contributed by atoms with E-state index in [0.717, 1.165) is 14.9 Å². The highest BCUT2D eigenvalue weighted by Crippen LogP contribution is 2.28. The van der Waals surface area contributed by atoms with Crippen molar-refractivity contribution >= 4 is 32.6 Å². The number of fused-ring (bicyclic) bond motifs is 1. The second-order valence-corrected chi connectivity index (χ2v) is 8.59. The molecule has 0 radical (unpaired) electrons. The molecule has 0 aliphatic heterocycles. The smallest absolute Gasteiger partial charge is 0.420 e. The van der Waals surface area contributed by atoms with Crippen LogP contribution in [0.5, 0.6) is 5.75 Å². The Morgan fingerprint density at radius 2 is 1.93 bits per heavy atom. The summed E-state index contributed by atoms with van der Waals surface area (Å²) in [6, 6.07) is 7.57. The van der Waals surface area contributed by atoms with Gasteiger partial charge < -0.3 is 9.15 Å². The first-order valence-corrected chi connectivity index (χ1v) is 9.92. The number of rotatable bonds is 7. The van der Waals surface area contributed by atoms with Crippen LogP contribution in [0.25, 0.3) is 11.1 Å². The van der Waals surface area contributed by atoms with E-state index >= 15 is 0 Å². The van der Waals surface area contributed by atoms with Crippen molar-refractivity contribution in [2.24, 2.45) is 0 Å². The standard InChI is InChI=1S/C18H17N3O8S/c1-19(2)30(26,27)12-5-6-13-17(9-12)29-18(23)20(13)10-15(22)11-4-7-16(28-3)14(8-11)21(24)25/h4-9H,10H2,1-3H3. The Bertz CT molecular complexity index is 1320. The number of oxazole rings is 1. The summed E-state index contributed by atoms with van der Waals surface area (Å²) in [5.41, 5.74) is -0.160. The Kier molecular flexibility index (Phi) is 5.46. The van der Waals surface area contributed by atoms with E-state index in [1.807, 2.05) is 0 Å². The molecule has 12 heteroatoms. The van der Waals surface area contributed by atoms with Gasteiger partial charge in [0.25, 0.3) is 0 Å². The molecule has 0 N–H and O–H groups in total. The Balaban J connectivity index is 1.99. The van der Waals surface area contributed by atoms with Crippen LogP contribution in [0.3, 0.4) is 0 Å². The van der Waals surface area contributed by atoms with Crippen LogP contribution in [0.2, 0.25) is 0 Å². The summed E-state index contributed by atoms with van der Waals surface area (Å²) < 4.78 is 36.5. The third-order valence-corrected chi connectivity index (χ3v) is 6.23. The number of carbonyl (C=O) groups is 1. The van der Waals surface area contributed by atoms with Crippen molar-refractivity contribution in [2.75, 3.05) is 21.2 Å². The van der Waals surface area contributed by atoms with Gasteiger partial charge in [0.05, 0.1) is 29.0 Å². The Morgan fingerprint density at radius 3 is 2.53 bits per heavy atom. The molecule has 0 saturated heterocycles. The van der Waals surface area contributed by atoms with Crippen LogP contribution in [0.15, 0.2) is 50.5 Å². The minimum absolute atomic E-state index is 0.00268. The lowest BCUT2D eigenvalue weighted by Crippen LogP contribution is -2.22. The fraction of sp³-hybridized carbons (Fsp3) is 0.222. The highest BCUT2D eigenvalue weighted by Gasteiger charge is 2.22. The highest BCUT2D eigenvalue weighted by atomic mass is 32.2. The quantitative estimate of drug-likeness (QED) is 0.310. The fourth-order valence-corrected chi connectivity index (χ4v) is 3.73. The predicted octanol–water partition coefficient (Wildman–Crippen LogP) is 1.64. The average Bonchev–Trinajstić information content (AvgIpc) is 3.01. The van der Waals surface area contributed by atoms with Gasteiger partial charge in [-0.15, -0.1) is 0 Å². The molecule has 0 unspecified atom stereocenters. The first kappa shape index (κ1) is 21.2.